The summed E-state index contributed by atoms with van der Waals surface area (Å²) < 4.78 is 25.4. The number of amides is 1. The molecule has 5 heteroatoms. The summed E-state index contributed by atoms with van der Waals surface area (Å²) in [5.74, 6) is -2.83. The normalized spacial score (nSPS) is 29.6. The number of alkyl halides is 2. The number of hydrogen-bond donors (Lipinski definition) is 1. The van der Waals surface area contributed by atoms with Crippen molar-refractivity contribution in [2.24, 2.45) is 0 Å². The molecule has 2 atom stereocenters. The zero-order valence-corrected chi connectivity index (χ0v) is 9.51. The first-order valence-corrected chi connectivity index (χ1v) is 5.87. The first-order valence-electron chi connectivity index (χ1n) is 5.87. The number of carbonyl (C=O) groups excluding carboxylic acids is 1. The summed E-state index contributed by atoms with van der Waals surface area (Å²) >= 11 is 0. The lowest BCUT2D eigenvalue weighted by Crippen LogP contribution is -2.54. The van der Waals surface area contributed by atoms with Crippen molar-refractivity contribution in [3.8, 4) is 0 Å². The van der Waals surface area contributed by atoms with Crippen LogP contribution in [0.1, 0.15) is 32.6 Å². The molecule has 92 valence electrons. The molecule has 2 rings (SSSR count). The van der Waals surface area contributed by atoms with Crippen LogP contribution < -0.4 is 5.32 Å². The van der Waals surface area contributed by atoms with Gasteiger partial charge < -0.3 is 10.2 Å². The highest BCUT2D eigenvalue weighted by molar-refractivity contribution is 5.77. The minimum atomic E-state index is -2.73. The van der Waals surface area contributed by atoms with E-state index in [4.69, 9.17) is 0 Å². The molecule has 16 heavy (non-hydrogen) atoms. The summed E-state index contributed by atoms with van der Waals surface area (Å²) in [7, 11) is 0. The van der Waals surface area contributed by atoms with Crippen LogP contribution in [0.25, 0.3) is 0 Å². The standard InChI is InChI=1S/C11H18F2N2O/c1-11(12,13)5-4-10(16)15-8-2-3-9(15)7-14-6-8/h8-9,14H,2-7H2,1H3. The molecule has 2 aliphatic heterocycles. The van der Waals surface area contributed by atoms with Gasteiger partial charge in [0.25, 0.3) is 0 Å². The SMILES string of the molecule is CC(F)(F)CCC(=O)N1C2CCC1CNC2. The molecular weight excluding hydrogens is 214 g/mol. The van der Waals surface area contributed by atoms with Crippen LogP contribution in [0, 0.1) is 0 Å². The molecule has 0 spiro atoms. The molecule has 2 heterocycles. The van der Waals surface area contributed by atoms with E-state index in [-0.39, 0.29) is 30.8 Å². The number of carbonyl (C=O) groups is 1. The van der Waals surface area contributed by atoms with E-state index < -0.39 is 5.92 Å². The Hall–Kier alpha value is -0.710. The average Bonchev–Trinajstić information content (AvgIpc) is 2.44. The van der Waals surface area contributed by atoms with E-state index in [1.165, 1.54) is 0 Å². The summed E-state index contributed by atoms with van der Waals surface area (Å²) in [6, 6.07) is 0.466. The van der Waals surface area contributed by atoms with Gasteiger partial charge in [-0.2, -0.15) is 0 Å². The molecule has 0 aromatic rings. The van der Waals surface area contributed by atoms with Crippen LogP contribution in [0.4, 0.5) is 8.78 Å². The van der Waals surface area contributed by atoms with Gasteiger partial charge in [0, 0.05) is 38.0 Å². The number of piperazine rings is 1. The summed E-state index contributed by atoms with van der Waals surface area (Å²) in [4.78, 5) is 13.7. The number of nitrogens with zero attached hydrogens (tertiary/aromatic N) is 1. The van der Waals surface area contributed by atoms with E-state index in [1.807, 2.05) is 4.90 Å². The molecule has 2 saturated heterocycles. The van der Waals surface area contributed by atoms with Gasteiger partial charge in [0.1, 0.15) is 0 Å². The van der Waals surface area contributed by atoms with Crippen molar-refractivity contribution >= 4 is 5.91 Å². The van der Waals surface area contributed by atoms with Gasteiger partial charge in [-0.15, -0.1) is 0 Å². The van der Waals surface area contributed by atoms with E-state index in [0.717, 1.165) is 32.9 Å². The van der Waals surface area contributed by atoms with Crippen LogP contribution in [-0.4, -0.2) is 41.9 Å². The predicted octanol–water partition coefficient (Wildman–Crippen LogP) is 1.38. The zero-order chi connectivity index (χ0) is 11.8. The molecule has 0 aliphatic carbocycles. The van der Waals surface area contributed by atoms with Crippen LogP contribution >= 0.6 is 0 Å². The third-order valence-corrected chi connectivity index (χ3v) is 3.45. The van der Waals surface area contributed by atoms with Gasteiger partial charge in [0.2, 0.25) is 11.8 Å². The minimum absolute atomic E-state index is 0.0312. The summed E-state index contributed by atoms with van der Waals surface area (Å²) in [5, 5.41) is 3.26. The third-order valence-electron chi connectivity index (χ3n) is 3.45. The van der Waals surface area contributed by atoms with Crippen molar-refractivity contribution in [1.82, 2.24) is 10.2 Å². The Morgan fingerprint density at radius 3 is 2.44 bits per heavy atom. The Bertz CT molecular complexity index is 262. The molecule has 3 nitrogen and oxygen atoms in total. The predicted molar refractivity (Wildman–Crippen MR) is 56.4 cm³/mol. The Balaban J connectivity index is 1.90. The van der Waals surface area contributed by atoms with Gasteiger partial charge in [0.15, 0.2) is 0 Å². The van der Waals surface area contributed by atoms with E-state index >= 15 is 0 Å². The van der Waals surface area contributed by atoms with Crippen LogP contribution in [0.15, 0.2) is 0 Å². The fourth-order valence-corrected chi connectivity index (χ4v) is 2.64. The fraction of sp³-hybridized carbons (Fsp3) is 0.909. The fourth-order valence-electron chi connectivity index (χ4n) is 2.64. The number of nitrogens with one attached hydrogen (secondary N) is 1. The number of rotatable bonds is 3. The Labute approximate surface area is 94.2 Å². The number of fused-ring (bicyclic) bond motifs is 2. The highest BCUT2D eigenvalue weighted by atomic mass is 19.3. The summed E-state index contributed by atoms with van der Waals surface area (Å²) in [6.07, 6.45) is 1.64. The Morgan fingerprint density at radius 1 is 1.38 bits per heavy atom. The average molecular weight is 232 g/mol. The van der Waals surface area contributed by atoms with Crippen LogP contribution in [0.2, 0.25) is 0 Å². The monoisotopic (exact) mass is 232 g/mol. The Morgan fingerprint density at radius 2 is 1.94 bits per heavy atom. The molecule has 0 radical (unpaired) electrons. The lowest BCUT2D eigenvalue weighted by atomic mass is 10.1. The number of hydrogen-bond acceptors (Lipinski definition) is 2. The lowest BCUT2D eigenvalue weighted by molar-refractivity contribution is -0.136. The van der Waals surface area contributed by atoms with Crippen molar-refractivity contribution in [3.05, 3.63) is 0 Å². The third kappa shape index (κ3) is 2.51. The molecule has 2 fully saturated rings. The number of halogens is 2. The van der Waals surface area contributed by atoms with Gasteiger partial charge >= 0.3 is 0 Å². The van der Waals surface area contributed by atoms with Crippen LogP contribution in [0.3, 0.4) is 0 Å². The van der Waals surface area contributed by atoms with E-state index in [2.05, 4.69) is 5.32 Å². The van der Waals surface area contributed by atoms with Crippen LogP contribution in [-0.2, 0) is 4.79 Å². The second-order valence-corrected chi connectivity index (χ2v) is 4.91. The van der Waals surface area contributed by atoms with Gasteiger partial charge in [-0.3, -0.25) is 4.79 Å². The second-order valence-electron chi connectivity index (χ2n) is 4.91. The molecular formula is C11H18F2N2O. The van der Waals surface area contributed by atoms with Crippen molar-refractivity contribution in [1.29, 1.82) is 0 Å². The van der Waals surface area contributed by atoms with E-state index in [9.17, 15) is 13.6 Å². The second kappa shape index (κ2) is 4.28. The maximum absolute atomic E-state index is 12.7. The molecule has 0 aromatic heterocycles. The molecule has 2 bridgehead atoms. The van der Waals surface area contributed by atoms with Gasteiger partial charge in [-0.25, -0.2) is 8.78 Å². The highest BCUT2D eigenvalue weighted by Crippen LogP contribution is 2.28. The molecule has 1 N–H and O–H groups in total. The largest absolute Gasteiger partial charge is 0.334 e. The minimum Gasteiger partial charge on any atom is -0.334 e. The van der Waals surface area contributed by atoms with Crippen molar-refractivity contribution in [2.45, 2.75) is 50.6 Å². The lowest BCUT2D eigenvalue weighted by Gasteiger charge is -2.35. The van der Waals surface area contributed by atoms with Gasteiger partial charge in [-0.05, 0) is 19.8 Å². The highest BCUT2D eigenvalue weighted by Gasteiger charge is 2.39. The smallest absolute Gasteiger partial charge is 0.245 e. The topological polar surface area (TPSA) is 32.3 Å². The van der Waals surface area contributed by atoms with E-state index in [0.29, 0.717) is 0 Å². The molecule has 2 unspecified atom stereocenters. The Kier molecular flexibility index (Phi) is 3.15. The molecule has 0 aromatic carbocycles. The maximum atomic E-state index is 12.7. The quantitative estimate of drug-likeness (QED) is 0.797. The van der Waals surface area contributed by atoms with Crippen molar-refractivity contribution in [3.63, 3.8) is 0 Å². The van der Waals surface area contributed by atoms with Crippen LogP contribution in [0.5, 0.6) is 0 Å². The molecule has 2 aliphatic rings. The van der Waals surface area contributed by atoms with E-state index in [1.54, 1.807) is 0 Å². The summed E-state index contributed by atoms with van der Waals surface area (Å²) in [5.41, 5.74) is 0. The van der Waals surface area contributed by atoms with Crippen molar-refractivity contribution < 1.29 is 13.6 Å². The molecule has 0 saturated carbocycles. The maximum Gasteiger partial charge on any atom is 0.245 e. The summed E-state index contributed by atoms with van der Waals surface area (Å²) in [6.45, 7) is 2.49. The van der Waals surface area contributed by atoms with Crippen molar-refractivity contribution in [2.75, 3.05) is 13.1 Å². The van der Waals surface area contributed by atoms with Gasteiger partial charge in [-0.1, -0.05) is 0 Å². The van der Waals surface area contributed by atoms with Gasteiger partial charge in [0.05, 0.1) is 0 Å². The first kappa shape index (κ1) is 11.8. The molecule has 1 amide bonds. The first-order chi connectivity index (χ1) is 7.47. The zero-order valence-electron chi connectivity index (χ0n) is 9.51.